The van der Waals surface area contributed by atoms with E-state index in [1.165, 1.54) is 0 Å². The van der Waals surface area contributed by atoms with Crippen molar-refractivity contribution in [3.63, 3.8) is 0 Å². The molecule has 1 N–H and O–H groups in total. The van der Waals surface area contributed by atoms with E-state index in [9.17, 15) is 9.59 Å². The summed E-state index contributed by atoms with van der Waals surface area (Å²) >= 11 is 0. The number of carboxylic acids is 1. The Balaban J connectivity index is 2.27. The maximum atomic E-state index is 10.9. The Kier molecular flexibility index (Phi) is 3.06. The molecule has 0 radical (unpaired) electrons. The zero-order chi connectivity index (χ0) is 9.84. The molecule has 1 rings (SSSR count). The average molecular weight is 184 g/mol. The lowest BCUT2D eigenvalue weighted by Gasteiger charge is -2.09. The third-order valence-corrected chi connectivity index (χ3v) is 1.95. The van der Waals surface area contributed by atoms with E-state index in [1.807, 2.05) is 6.92 Å². The molecular weight excluding hydrogens is 172 g/mol. The summed E-state index contributed by atoms with van der Waals surface area (Å²) in [6.45, 7) is 1.82. The summed E-state index contributed by atoms with van der Waals surface area (Å²) in [6, 6.07) is 0. The normalized spacial score (nSPS) is 18.5. The molecule has 0 spiro atoms. The molecule has 1 fully saturated rings. The van der Waals surface area contributed by atoms with Crippen LogP contribution >= 0.6 is 0 Å². The third kappa shape index (κ3) is 3.73. The van der Waals surface area contributed by atoms with Gasteiger partial charge in [-0.05, 0) is 25.7 Å². The molecule has 0 aromatic carbocycles. The first-order chi connectivity index (χ1) is 6.09. The minimum absolute atomic E-state index is 0.0917. The van der Waals surface area contributed by atoms with Gasteiger partial charge in [0.1, 0.15) is 6.10 Å². The molecular formula is C9H12O4. The summed E-state index contributed by atoms with van der Waals surface area (Å²) < 4.78 is 4.94. The van der Waals surface area contributed by atoms with Gasteiger partial charge in [0.05, 0.1) is 0 Å². The van der Waals surface area contributed by atoms with Crippen LogP contribution in [-0.4, -0.2) is 23.1 Å². The van der Waals surface area contributed by atoms with E-state index in [1.54, 1.807) is 0 Å². The molecule has 13 heavy (non-hydrogen) atoms. The Morgan fingerprint density at radius 1 is 1.46 bits per heavy atom. The van der Waals surface area contributed by atoms with Gasteiger partial charge < -0.3 is 9.84 Å². The van der Waals surface area contributed by atoms with E-state index in [4.69, 9.17) is 9.84 Å². The Morgan fingerprint density at radius 2 is 2.08 bits per heavy atom. The fourth-order valence-electron chi connectivity index (χ4n) is 1.02. The van der Waals surface area contributed by atoms with Crippen LogP contribution in [0.15, 0.2) is 12.2 Å². The van der Waals surface area contributed by atoms with Crippen molar-refractivity contribution in [3.05, 3.63) is 12.2 Å². The van der Waals surface area contributed by atoms with Gasteiger partial charge in [0.25, 0.3) is 0 Å². The standard InChI is InChI=1S/C9H12O4/c1-6(7-2-3-7)13-9(12)5-4-8(10)11/h4-7H,2-3H2,1H3,(H,10,11)/b5-4+. The number of rotatable bonds is 4. The van der Waals surface area contributed by atoms with Crippen LogP contribution in [0.4, 0.5) is 0 Å². The second-order valence-corrected chi connectivity index (χ2v) is 3.15. The highest BCUT2D eigenvalue weighted by molar-refractivity contribution is 5.90. The highest BCUT2D eigenvalue weighted by Gasteiger charge is 2.30. The molecule has 0 amide bonds. The van der Waals surface area contributed by atoms with Crippen LogP contribution in [0.25, 0.3) is 0 Å². The first-order valence-corrected chi connectivity index (χ1v) is 4.21. The van der Waals surface area contributed by atoms with E-state index >= 15 is 0 Å². The van der Waals surface area contributed by atoms with Gasteiger partial charge in [-0.1, -0.05) is 0 Å². The lowest BCUT2D eigenvalue weighted by molar-refractivity contribution is -0.143. The van der Waals surface area contributed by atoms with Crippen molar-refractivity contribution < 1.29 is 19.4 Å². The number of carbonyl (C=O) groups excluding carboxylic acids is 1. The smallest absolute Gasteiger partial charge is 0.331 e. The molecule has 0 aliphatic heterocycles. The molecule has 0 aromatic rings. The summed E-state index contributed by atoms with van der Waals surface area (Å²) in [5, 5.41) is 8.22. The lowest BCUT2D eigenvalue weighted by Crippen LogP contribution is -2.15. The number of hydrogen-bond acceptors (Lipinski definition) is 3. The molecule has 1 aliphatic carbocycles. The van der Waals surface area contributed by atoms with Crippen molar-refractivity contribution in [1.29, 1.82) is 0 Å². The largest absolute Gasteiger partial charge is 0.478 e. The van der Waals surface area contributed by atoms with Gasteiger partial charge in [0.15, 0.2) is 0 Å². The van der Waals surface area contributed by atoms with Crippen LogP contribution in [0, 0.1) is 5.92 Å². The zero-order valence-electron chi connectivity index (χ0n) is 7.40. The second-order valence-electron chi connectivity index (χ2n) is 3.15. The number of hydrogen-bond donors (Lipinski definition) is 1. The molecule has 0 heterocycles. The molecule has 4 nitrogen and oxygen atoms in total. The topological polar surface area (TPSA) is 63.6 Å². The first-order valence-electron chi connectivity index (χ1n) is 4.21. The monoisotopic (exact) mass is 184 g/mol. The lowest BCUT2D eigenvalue weighted by atomic mass is 10.3. The maximum Gasteiger partial charge on any atom is 0.331 e. The highest BCUT2D eigenvalue weighted by Crippen LogP contribution is 2.33. The van der Waals surface area contributed by atoms with Gasteiger partial charge in [-0.15, -0.1) is 0 Å². The Morgan fingerprint density at radius 3 is 2.54 bits per heavy atom. The maximum absolute atomic E-state index is 10.9. The Hall–Kier alpha value is -1.32. The predicted octanol–water partition coefficient (Wildman–Crippen LogP) is 0.969. The zero-order valence-corrected chi connectivity index (χ0v) is 7.40. The second kappa shape index (κ2) is 4.07. The predicted molar refractivity (Wildman–Crippen MR) is 45.1 cm³/mol. The van der Waals surface area contributed by atoms with E-state index < -0.39 is 11.9 Å². The minimum Gasteiger partial charge on any atom is -0.478 e. The van der Waals surface area contributed by atoms with Crippen LogP contribution in [0.5, 0.6) is 0 Å². The van der Waals surface area contributed by atoms with Gasteiger partial charge in [0, 0.05) is 12.2 Å². The first kappa shape index (κ1) is 9.77. The molecule has 1 atom stereocenters. The van der Waals surface area contributed by atoms with Crippen LogP contribution < -0.4 is 0 Å². The number of carbonyl (C=O) groups is 2. The number of aliphatic carboxylic acids is 1. The van der Waals surface area contributed by atoms with Crippen LogP contribution in [-0.2, 0) is 14.3 Å². The summed E-state index contributed by atoms with van der Waals surface area (Å²) in [7, 11) is 0. The fraction of sp³-hybridized carbons (Fsp3) is 0.556. The number of carboxylic acid groups (broad SMARTS) is 1. The quantitative estimate of drug-likeness (QED) is 0.522. The van der Waals surface area contributed by atoms with Crippen molar-refractivity contribution in [1.82, 2.24) is 0 Å². The highest BCUT2D eigenvalue weighted by atomic mass is 16.5. The molecule has 4 heteroatoms. The van der Waals surface area contributed by atoms with Gasteiger partial charge in [0.2, 0.25) is 0 Å². The molecule has 1 unspecified atom stereocenters. The molecule has 72 valence electrons. The summed E-state index contributed by atoms with van der Waals surface area (Å²) in [5.74, 6) is -1.25. The summed E-state index contributed by atoms with van der Waals surface area (Å²) in [6.07, 6.45) is 3.81. The van der Waals surface area contributed by atoms with Crippen molar-refractivity contribution in [2.75, 3.05) is 0 Å². The SMILES string of the molecule is CC(OC(=O)/C=C/C(=O)O)C1CC1. The van der Waals surface area contributed by atoms with Crippen molar-refractivity contribution in [2.45, 2.75) is 25.9 Å². The number of esters is 1. The van der Waals surface area contributed by atoms with Gasteiger partial charge in [-0.3, -0.25) is 0 Å². The van der Waals surface area contributed by atoms with E-state index in [0.717, 1.165) is 25.0 Å². The summed E-state index contributed by atoms with van der Waals surface area (Å²) in [4.78, 5) is 21.0. The third-order valence-electron chi connectivity index (χ3n) is 1.95. The molecule has 1 aliphatic rings. The van der Waals surface area contributed by atoms with E-state index in [-0.39, 0.29) is 6.10 Å². The average Bonchev–Trinajstić information content (AvgIpc) is 2.82. The Bertz CT molecular complexity index is 240. The Labute approximate surface area is 76.2 Å². The fourth-order valence-corrected chi connectivity index (χ4v) is 1.02. The minimum atomic E-state index is -1.14. The van der Waals surface area contributed by atoms with Crippen LogP contribution in [0.2, 0.25) is 0 Å². The van der Waals surface area contributed by atoms with Crippen molar-refractivity contribution in [3.8, 4) is 0 Å². The van der Waals surface area contributed by atoms with Gasteiger partial charge in [-0.2, -0.15) is 0 Å². The molecule has 0 bridgehead atoms. The van der Waals surface area contributed by atoms with Crippen LogP contribution in [0.3, 0.4) is 0 Å². The van der Waals surface area contributed by atoms with Gasteiger partial charge >= 0.3 is 11.9 Å². The summed E-state index contributed by atoms with van der Waals surface area (Å²) in [5.41, 5.74) is 0. The van der Waals surface area contributed by atoms with Crippen LogP contribution in [0.1, 0.15) is 19.8 Å². The number of ether oxygens (including phenoxy) is 1. The van der Waals surface area contributed by atoms with Gasteiger partial charge in [-0.25, -0.2) is 9.59 Å². The molecule has 1 saturated carbocycles. The van der Waals surface area contributed by atoms with E-state index in [0.29, 0.717) is 5.92 Å². The molecule has 0 aromatic heterocycles. The van der Waals surface area contributed by atoms with E-state index in [2.05, 4.69) is 0 Å². The van der Waals surface area contributed by atoms with Crippen molar-refractivity contribution >= 4 is 11.9 Å². The van der Waals surface area contributed by atoms with Crippen molar-refractivity contribution in [2.24, 2.45) is 5.92 Å². The molecule has 0 saturated heterocycles.